The van der Waals surface area contributed by atoms with E-state index < -0.39 is 4.92 Å². The molecule has 1 fully saturated rings. The van der Waals surface area contributed by atoms with E-state index in [9.17, 15) is 14.9 Å². The number of piperazine rings is 1. The number of aromatic nitrogens is 6. The van der Waals surface area contributed by atoms with Crippen molar-refractivity contribution >= 4 is 28.6 Å². The van der Waals surface area contributed by atoms with Crippen LogP contribution in [0.3, 0.4) is 0 Å². The summed E-state index contributed by atoms with van der Waals surface area (Å²) in [6.45, 7) is 2.45. The molecule has 1 aliphatic heterocycles. The van der Waals surface area contributed by atoms with Crippen molar-refractivity contribution < 1.29 is 9.72 Å². The standard InChI is InChI=1S/C20H19N9O3/c1-25-7-6-21-20(25)19(30)14-2-3-15(16(12-14)29(31)32)26-8-10-27(11-9-26)18-5-4-17-23-22-13-28(17)24-18/h2-7,12-13H,8-11H2,1H3. The molecule has 1 saturated heterocycles. The minimum Gasteiger partial charge on any atom is -0.362 e. The number of hydrogen-bond donors (Lipinski definition) is 0. The van der Waals surface area contributed by atoms with Crippen LogP contribution in [-0.4, -0.2) is 66.2 Å². The largest absolute Gasteiger partial charge is 0.362 e. The van der Waals surface area contributed by atoms with Crippen LogP contribution >= 0.6 is 0 Å². The average Bonchev–Trinajstić information content (AvgIpc) is 3.46. The molecule has 0 unspecified atom stereocenters. The molecular weight excluding hydrogens is 414 g/mol. The predicted octanol–water partition coefficient (Wildman–Crippen LogP) is 1.32. The molecule has 0 bridgehead atoms. The van der Waals surface area contributed by atoms with Crippen LogP contribution in [0.25, 0.3) is 5.65 Å². The number of imidazole rings is 1. The van der Waals surface area contributed by atoms with E-state index in [1.165, 1.54) is 12.3 Å². The number of nitro groups is 1. The van der Waals surface area contributed by atoms with Crippen molar-refractivity contribution in [2.45, 2.75) is 0 Å². The highest BCUT2D eigenvalue weighted by Gasteiger charge is 2.26. The summed E-state index contributed by atoms with van der Waals surface area (Å²) in [5.41, 5.74) is 1.30. The van der Waals surface area contributed by atoms with Crippen molar-refractivity contribution in [1.29, 1.82) is 0 Å². The van der Waals surface area contributed by atoms with Crippen molar-refractivity contribution in [2.75, 3.05) is 36.0 Å². The molecular formula is C20H19N9O3. The Morgan fingerprint density at radius 2 is 1.88 bits per heavy atom. The van der Waals surface area contributed by atoms with Gasteiger partial charge in [-0.3, -0.25) is 14.9 Å². The molecule has 12 heteroatoms. The molecule has 0 atom stereocenters. The van der Waals surface area contributed by atoms with Crippen molar-refractivity contribution in [1.82, 2.24) is 29.4 Å². The second-order valence-corrected chi connectivity index (χ2v) is 7.45. The Morgan fingerprint density at radius 3 is 2.59 bits per heavy atom. The van der Waals surface area contributed by atoms with Crippen LogP contribution < -0.4 is 9.80 Å². The lowest BCUT2D eigenvalue weighted by Gasteiger charge is -2.36. The number of nitro benzene ring substituents is 1. The zero-order chi connectivity index (χ0) is 22.2. The molecule has 0 amide bonds. The van der Waals surface area contributed by atoms with E-state index in [0.717, 1.165) is 5.82 Å². The fourth-order valence-electron chi connectivity index (χ4n) is 3.86. The van der Waals surface area contributed by atoms with Gasteiger partial charge in [0.2, 0.25) is 5.78 Å². The molecule has 12 nitrogen and oxygen atoms in total. The van der Waals surface area contributed by atoms with Crippen LogP contribution in [-0.2, 0) is 7.05 Å². The molecule has 5 rings (SSSR count). The smallest absolute Gasteiger partial charge is 0.293 e. The molecule has 3 aromatic heterocycles. The average molecular weight is 433 g/mol. The lowest BCUT2D eigenvalue weighted by Crippen LogP contribution is -2.47. The first kappa shape index (κ1) is 19.6. The summed E-state index contributed by atoms with van der Waals surface area (Å²) < 4.78 is 3.20. The highest BCUT2D eigenvalue weighted by Crippen LogP contribution is 2.31. The lowest BCUT2D eigenvalue weighted by molar-refractivity contribution is -0.384. The Bertz CT molecular complexity index is 1320. The quantitative estimate of drug-likeness (QED) is 0.260. The first-order valence-electron chi connectivity index (χ1n) is 9.99. The Balaban J connectivity index is 1.36. The van der Waals surface area contributed by atoms with Gasteiger partial charge in [0.1, 0.15) is 17.8 Å². The van der Waals surface area contributed by atoms with Gasteiger partial charge >= 0.3 is 0 Å². The van der Waals surface area contributed by atoms with Crippen molar-refractivity contribution in [3.63, 3.8) is 0 Å². The van der Waals surface area contributed by atoms with Gasteiger partial charge in [-0.25, -0.2) is 4.98 Å². The van der Waals surface area contributed by atoms with Crippen LogP contribution in [0.15, 0.2) is 49.1 Å². The minimum atomic E-state index is -0.446. The number of carbonyl (C=O) groups is 1. The Morgan fingerprint density at radius 1 is 1.09 bits per heavy atom. The first-order chi connectivity index (χ1) is 15.5. The Kier molecular flexibility index (Phi) is 4.73. The van der Waals surface area contributed by atoms with E-state index >= 15 is 0 Å². The summed E-state index contributed by atoms with van der Waals surface area (Å²) in [7, 11) is 1.71. The van der Waals surface area contributed by atoms with Gasteiger partial charge in [0, 0.05) is 57.3 Å². The van der Waals surface area contributed by atoms with E-state index in [4.69, 9.17) is 0 Å². The number of ketones is 1. The summed E-state index contributed by atoms with van der Waals surface area (Å²) in [6, 6.07) is 8.34. The number of nitrogens with zero attached hydrogens (tertiary/aromatic N) is 9. The molecule has 32 heavy (non-hydrogen) atoms. The number of aryl methyl sites for hydroxylation is 1. The van der Waals surface area contributed by atoms with Crippen molar-refractivity contribution in [2.24, 2.45) is 7.05 Å². The Hall–Kier alpha value is -4.35. The van der Waals surface area contributed by atoms with E-state index in [1.807, 2.05) is 17.0 Å². The highest BCUT2D eigenvalue weighted by molar-refractivity contribution is 6.07. The maximum absolute atomic E-state index is 12.7. The zero-order valence-electron chi connectivity index (χ0n) is 17.2. The molecule has 0 radical (unpaired) electrons. The fraction of sp³-hybridized carbons (Fsp3) is 0.250. The van der Waals surface area contributed by atoms with E-state index in [-0.39, 0.29) is 22.9 Å². The van der Waals surface area contributed by atoms with Gasteiger partial charge in [0.25, 0.3) is 5.69 Å². The first-order valence-corrected chi connectivity index (χ1v) is 9.99. The summed E-state index contributed by atoms with van der Waals surface area (Å²) in [6.07, 6.45) is 4.73. The lowest BCUT2D eigenvalue weighted by atomic mass is 10.1. The molecule has 0 spiro atoms. The fourth-order valence-corrected chi connectivity index (χ4v) is 3.86. The zero-order valence-corrected chi connectivity index (χ0v) is 17.2. The number of anilines is 2. The van der Waals surface area contributed by atoms with Crippen LogP contribution in [0.1, 0.15) is 16.2 Å². The number of carbonyl (C=O) groups excluding carboxylic acids is 1. The number of hydrogen-bond acceptors (Lipinski definition) is 9. The van der Waals surface area contributed by atoms with Crippen molar-refractivity contribution in [3.8, 4) is 0 Å². The van der Waals surface area contributed by atoms with Gasteiger partial charge in [0.05, 0.1) is 4.92 Å². The third kappa shape index (κ3) is 3.41. The van der Waals surface area contributed by atoms with Gasteiger partial charge in [-0.15, -0.1) is 15.3 Å². The van der Waals surface area contributed by atoms with E-state index in [0.29, 0.717) is 37.5 Å². The summed E-state index contributed by atoms with van der Waals surface area (Å²) in [5, 5.41) is 24.1. The molecule has 162 valence electrons. The van der Waals surface area contributed by atoms with Crippen molar-refractivity contribution in [3.05, 3.63) is 70.6 Å². The van der Waals surface area contributed by atoms with Crippen LogP contribution in [0, 0.1) is 10.1 Å². The third-order valence-corrected chi connectivity index (χ3v) is 5.55. The molecule has 4 heterocycles. The van der Waals surface area contributed by atoms with Gasteiger partial charge in [0.15, 0.2) is 11.5 Å². The van der Waals surface area contributed by atoms with Gasteiger partial charge in [-0.1, -0.05) is 0 Å². The number of benzene rings is 1. The minimum absolute atomic E-state index is 0.0949. The molecule has 0 aliphatic carbocycles. The van der Waals surface area contributed by atoms with Crippen LogP contribution in [0.5, 0.6) is 0 Å². The predicted molar refractivity (Wildman–Crippen MR) is 115 cm³/mol. The summed E-state index contributed by atoms with van der Waals surface area (Å²) >= 11 is 0. The van der Waals surface area contributed by atoms with E-state index in [1.54, 1.807) is 40.8 Å². The SMILES string of the molecule is Cn1ccnc1C(=O)c1ccc(N2CCN(c3ccc4nncn4n3)CC2)c([N+](=O)[O-])c1. The van der Waals surface area contributed by atoms with Gasteiger partial charge in [-0.2, -0.15) is 4.52 Å². The topological polar surface area (TPSA) is 128 Å². The maximum atomic E-state index is 12.7. The van der Waals surface area contributed by atoms with Gasteiger partial charge in [-0.05, 0) is 24.3 Å². The highest BCUT2D eigenvalue weighted by atomic mass is 16.6. The van der Waals surface area contributed by atoms with Gasteiger partial charge < -0.3 is 14.4 Å². The molecule has 1 aliphatic rings. The third-order valence-electron chi connectivity index (χ3n) is 5.55. The molecule has 1 aromatic carbocycles. The number of fused-ring (bicyclic) bond motifs is 1. The normalized spacial score (nSPS) is 14.2. The van der Waals surface area contributed by atoms with Crippen LogP contribution in [0.4, 0.5) is 17.2 Å². The van der Waals surface area contributed by atoms with Crippen LogP contribution in [0.2, 0.25) is 0 Å². The molecule has 0 N–H and O–H groups in total. The Labute approximate surface area is 181 Å². The van der Waals surface area contributed by atoms with E-state index in [2.05, 4.69) is 25.2 Å². The summed E-state index contributed by atoms with van der Waals surface area (Å²) in [5.74, 6) is 0.674. The molecule has 4 aromatic rings. The number of rotatable bonds is 5. The molecule has 0 saturated carbocycles. The second kappa shape index (κ2) is 7.72. The second-order valence-electron chi connectivity index (χ2n) is 7.45. The summed E-state index contributed by atoms with van der Waals surface area (Å²) in [4.78, 5) is 32.2. The maximum Gasteiger partial charge on any atom is 0.293 e. The monoisotopic (exact) mass is 433 g/mol.